The van der Waals surface area contributed by atoms with E-state index in [4.69, 9.17) is 5.11 Å². The van der Waals surface area contributed by atoms with Gasteiger partial charge in [-0.2, -0.15) is 0 Å². The van der Waals surface area contributed by atoms with Crippen molar-refractivity contribution in [3.8, 4) is 0 Å². The number of carboxylic acid groups (broad SMARTS) is 1. The lowest BCUT2D eigenvalue weighted by molar-refractivity contribution is 0.0697. The molecule has 2 N–H and O–H groups in total. The highest BCUT2D eigenvalue weighted by Crippen LogP contribution is 2.56. The smallest absolute Gasteiger partial charge is 0.335 e. The number of hydrogen-bond donors (Lipinski definition) is 2. The number of carboxylic acids is 1. The van der Waals surface area contributed by atoms with E-state index in [2.05, 4.69) is 5.32 Å². The quantitative estimate of drug-likeness (QED) is 0.866. The molecule has 2 aliphatic carbocycles. The molecule has 1 aromatic rings. The number of aromatic carboxylic acids is 1. The van der Waals surface area contributed by atoms with E-state index < -0.39 is 5.97 Å². The number of hydrogen-bond acceptors (Lipinski definition) is 2. The summed E-state index contributed by atoms with van der Waals surface area (Å²) in [5.41, 5.74) is 0.911. The Morgan fingerprint density at radius 1 is 1.25 bits per heavy atom. The highest BCUT2D eigenvalue weighted by atomic mass is 16.4. The fourth-order valence-corrected chi connectivity index (χ4v) is 3.21. The van der Waals surface area contributed by atoms with Gasteiger partial charge in [0.05, 0.1) is 5.56 Å². The molecule has 4 heteroatoms. The number of nitrogens with one attached hydrogen (secondary N) is 1. The first kappa shape index (κ1) is 13.2. The van der Waals surface area contributed by atoms with E-state index in [0.29, 0.717) is 11.0 Å². The average molecular weight is 273 g/mol. The molecule has 0 aromatic heterocycles. The SMILES string of the molecule is O=C(O)c1cccc(C(=O)NCC2(C3CC3)CCC2)c1. The summed E-state index contributed by atoms with van der Waals surface area (Å²) in [6, 6.07) is 6.20. The maximum absolute atomic E-state index is 12.1. The summed E-state index contributed by atoms with van der Waals surface area (Å²) < 4.78 is 0. The molecule has 0 unspecified atom stereocenters. The first-order chi connectivity index (χ1) is 9.61. The van der Waals surface area contributed by atoms with Crippen LogP contribution in [0.2, 0.25) is 0 Å². The van der Waals surface area contributed by atoms with E-state index in [1.165, 1.54) is 44.2 Å². The summed E-state index contributed by atoms with van der Waals surface area (Å²) in [7, 11) is 0. The fourth-order valence-electron chi connectivity index (χ4n) is 3.21. The third kappa shape index (κ3) is 2.42. The summed E-state index contributed by atoms with van der Waals surface area (Å²) in [5.74, 6) is -0.380. The molecule has 106 valence electrons. The molecule has 0 bridgehead atoms. The van der Waals surface area contributed by atoms with E-state index in [1.807, 2.05) is 0 Å². The van der Waals surface area contributed by atoms with Gasteiger partial charge in [-0.3, -0.25) is 4.79 Å². The van der Waals surface area contributed by atoms with Gasteiger partial charge < -0.3 is 10.4 Å². The lowest BCUT2D eigenvalue weighted by Gasteiger charge is -2.42. The lowest BCUT2D eigenvalue weighted by atomic mass is 9.65. The minimum atomic E-state index is -1.01. The second-order valence-electron chi connectivity index (χ2n) is 6.06. The van der Waals surface area contributed by atoms with Crippen molar-refractivity contribution in [2.24, 2.45) is 11.3 Å². The van der Waals surface area contributed by atoms with E-state index in [1.54, 1.807) is 12.1 Å². The number of amides is 1. The Kier molecular flexibility index (Phi) is 3.24. The molecular weight excluding hydrogens is 254 g/mol. The minimum Gasteiger partial charge on any atom is -0.478 e. The minimum absolute atomic E-state index is 0.151. The third-order valence-electron chi connectivity index (χ3n) is 4.77. The van der Waals surface area contributed by atoms with E-state index in [-0.39, 0.29) is 11.5 Å². The van der Waals surface area contributed by atoms with Gasteiger partial charge in [-0.05, 0) is 55.2 Å². The summed E-state index contributed by atoms with van der Waals surface area (Å²) >= 11 is 0. The van der Waals surface area contributed by atoms with Crippen LogP contribution in [0.25, 0.3) is 0 Å². The van der Waals surface area contributed by atoms with Gasteiger partial charge >= 0.3 is 5.97 Å². The highest BCUT2D eigenvalue weighted by molar-refractivity contribution is 5.97. The van der Waals surface area contributed by atoms with Gasteiger partial charge in [0, 0.05) is 12.1 Å². The Hall–Kier alpha value is -1.84. The summed E-state index contributed by atoms with van der Waals surface area (Å²) in [4.78, 5) is 23.1. The Balaban J connectivity index is 1.64. The summed E-state index contributed by atoms with van der Waals surface area (Å²) in [5, 5.41) is 11.9. The van der Waals surface area contributed by atoms with Gasteiger partial charge in [-0.15, -0.1) is 0 Å². The predicted octanol–water partition coefficient (Wildman–Crippen LogP) is 2.69. The monoisotopic (exact) mass is 273 g/mol. The zero-order valence-electron chi connectivity index (χ0n) is 11.4. The van der Waals surface area contributed by atoms with Crippen molar-refractivity contribution in [3.63, 3.8) is 0 Å². The number of rotatable bonds is 5. The van der Waals surface area contributed by atoms with Crippen LogP contribution in [0, 0.1) is 11.3 Å². The van der Waals surface area contributed by atoms with Gasteiger partial charge in [0.2, 0.25) is 0 Å². The molecule has 3 rings (SSSR count). The van der Waals surface area contributed by atoms with Crippen molar-refractivity contribution in [3.05, 3.63) is 35.4 Å². The first-order valence-corrected chi connectivity index (χ1v) is 7.22. The van der Waals surface area contributed by atoms with Gasteiger partial charge in [0.15, 0.2) is 0 Å². The van der Waals surface area contributed by atoms with Crippen molar-refractivity contribution in [1.82, 2.24) is 5.32 Å². The van der Waals surface area contributed by atoms with E-state index in [0.717, 1.165) is 12.5 Å². The largest absolute Gasteiger partial charge is 0.478 e. The maximum atomic E-state index is 12.1. The van der Waals surface area contributed by atoms with Crippen LogP contribution in [0.1, 0.15) is 52.8 Å². The third-order valence-corrected chi connectivity index (χ3v) is 4.77. The molecule has 4 nitrogen and oxygen atoms in total. The molecule has 2 aliphatic rings. The molecule has 20 heavy (non-hydrogen) atoms. The second-order valence-corrected chi connectivity index (χ2v) is 6.06. The predicted molar refractivity (Wildman–Crippen MR) is 74.7 cm³/mol. The Morgan fingerprint density at radius 3 is 2.50 bits per heavy atom. The summed E-state index contributed by atoms with van der Waals surface area (Å²) in [6.07, 6.45) is 6.29. The van der Waals surface area contributed by atoms with Crippen molar-refractivity contribution in [1.29, 1.82) is 0 Å². The Morgan fingerprint density at radius 2 is 1.95 bits per heavy atom. The molecular formula is C16H19NO3. The number of benzene rings is 1. The van der Waals surface area contributed by atoms with Crippen LogP contribution in [0.3, 0.4) is 0 Å². The lowest BCUT2D eigenvalue weighted by Crippen LogP contribution is -2.43. The number of carbonyl (C=O) groups is 2. The standard InChI is InChI=1S/C16H19NO3/c18-14(11-3-1-4-12(9-11)15(19)20)17-10-16(7-2-8-16)13-5-6-13/h1,3-4,9,13H,2,5-8,10H2,(H,17,18)(H,19,20). The zero-order chi connectivity index (χ0) is 14.2. The van der Waals surface area contributed by atoms with Crippen LogP contribution in [0.5, 0.6) is 0 Å². The van der Waals surface area contributed by atoms with E-state index >= 15 is 0 Å². The molecule has 0 radical (unpaired) electrons. The normalized spacial score (nSPS) is 20.0. The molecule has 2 fully saturated rings. The van der Waals surface area contributed by atoms with Gasteiger partial charge in [0.25, 0.3) is 5.91 Å². The van der Waals surface area contributed by atoms with Crippen LogP contribution in [0.15, 0.2) is 24.3 Å². The van der Waals surface area contributed by atoms with E-state index in [9.17, 15) is 9.59 Å². The van der Waals surface area contributed by atoms with Crippen molar-refractivity contribution >= 4 is 11.9 Å². The molecule has 2 saturated carbocycles. The van der Waals surface area contributed by atoms with Crippen LogP contribution >= 0.6 is 0 Å². The fraction of sp³-hybridized carbons (Fsp3) is 0.500. The van der Waals surface area contributed by atoms with Crippen LogP contribution < -0.4 is 5.32 Å². The average Bonchev–Trinajstić information content (AvgIpc) is 3.22. The molecule has 1 amide bonds. The first-order valence-electron chi connectivity index (χ1n) is 7.22. The van der Waals surface area contributed by atoms with Crippen molar-refractivity contribution in [2.45, 2.75) is 32.1 Å². The van der Waals surface area contributed by atoms with Crippen LogP contribution in [0.4, 0.5) is 0 Å². The molecule has 0 spiro atoms. The Bertz CT molecular complexity index is 544. The molecule has 0 heterocycles. The van der Waals surface area contributed by atoms with Crippen LogP contribution in [-0.4, -0.2) is 23.5 Å². The Labute approximate surface area is 118 Å². The number of carbonyl (C=O) groups excluding carboxylic acids is 1. The molecule has 0 atom stereocenters. The topological polar surface area (TPSA) is 66.4 Å². The van der Waals surface area contributed by atoms with Crippen LogP contribution in [-0.2, 0) is 0 Å². The maximum Gasteiger partial charge on any atom is 0.335 e. The highest BCUT2D eigenvalue weighted by Gasteiger charge is 2.48. The zero-order valence-corrected chi connectivity index (χ0v) is 11.4. The second kappa shape index (κ2) is 4.93. The summed E-state index contributed by atoms with van der Waals surface area (Å²) in [6.45, 7) is 0.730. The molecule has 1 aromatic carbocycles. The molecule has 0 saturated heterocycles. The van der Waals surface area contributed by atoms with Gasteiger partial charge in [-0.25, -0.2) is 4.79 Å². The van der Waals surface area contributed by atoms with Crippen molar-refractivity contribution in [2.75, 3.05) is 6.54 Å². The van der Waals surface area contributed by atoms with Crippen molar-refractivity contribution < 1.29 is 14.7 Å². The van der Waals surface area contributed by atoms with Gasteiger partial charge in [-0.1, -0.05) is 12.5 Å². The molecule has 0 aliphatic heterocycles. The van der Waals surface area contributed by atoms with Gasteiger partial charge in [0.1, 0.15) is 0 Å².